The van der Waals surface area contributed by atoms with E-state index < -0.39 is 0 Å². The molecule has 0 fully saturated rings. The van der Waals surface area contributed by atoms with Crippen LogP contribution in [0.2, 0.25) is 0 Å². The Bertz CT molecular complexity index is 781. The Morgan fingerprint density at radius 3 is 2.71 bits per heavy atom. The van der Waals surface area contributed by atoms with Crippen LogP contribution < -0.4 is 10.2 Å². The molecule has 1 N–H and O–H groups in total. The molecule has 2 aromatic carbocycles. The van der Waals surface area contributed by atoms with Gasteiger partial charge in [0, 0.05) is 12.0 Å². The zero-order valence-corrected chi connectivity index (χ0v) is 13.4. The molecule has 0 radical (unpaired) electrons. The number of hydrogen-bond donors (Lipinski definition) is 1. The summed E-state index contributed by atoms with van der Waals surface area (Å²) < 4.78 is 18.5. The third-order valence-electron chi connectivity index (χ3n) is 3.86. The van der Waals surface area contributed by atoms with E-state index in [2.05, 4.69) is 22.7 Å². The molecule has 1 unspecified atom stereocenters. The fraction of sp³-hybridized carbons (Fsp3) is 0.150. The number of ether oxygens (including phenoxy) is 1. The Morgan fingerprint density at radius 2 is 2.00 bits per heavy atom. The Balaban J connectivity index is 1.92. The van der Waals surface area contributed by atoms with E-state index in [0.717, 1.165) is 17.7 Å². The number of rotatable bonds is 5. The number of nitrogens with zero attached hydrogens (tertiary/aromatic N) is 1. The summed E-state index contributed by atoms with van der Waals surface area (Å²) in [5.74, 6) is 0.270. The lowest BCUT2D eigenvalue weighted by Gasteiger charge is -2.17. The van der Waals surface area contributed by atoms with Gasteiger partial charge >= 0.3 is 0 Å². The largest absolute Gasteiger partial charge is 0.494 e. The molecule has 0 spiro atoms. The number of allylic oxidation sites excluding steroid dienone is 4. The molecule has 1 aliphatic carbocycles. The summed E-state index contributed by atoms with van der Waals surface area (Å²) >= 11 is 0. The van der Waals surface area contributed by atoms with Gasteiger partial charge in [0.1, 0.15) is 11.6 Å². The molecule has 0 saturated carbocycles. The Morgan fingerprint density at radius 1 is 1.17 bits per heavy atom. The van der Waals surface area contributed by atoms with Crippen LogP contribution in [-0.2, 0) is 0 Å². The number of hydrogen-bond acceptors (Lipinski definition) is 3. The molecule has 0 amide bonds. The van der Waals surface area contributed by atoms with Crippen molar-refractivity contribution in [3.05, 3.63) is 84.2 Å². The van der Waals surface area contributed by atoms with Gasteiger partial charge in [-0.2, -0.15) is 5.10 Å². The van der Waals surface area contributed by atoms with E-state index in [1.807, 2.05) is 42.5 Å². The maximum Gasteiger partial charge on any atom is 0.146 e. The first-order chi connectivity index (χ1) is 11.8. The molecule has 0 aromatic heterocycles. The maximum atomic E-state index is 13.3. The van der Waals surface area contributed by atoms with Gasteiger partial charge in [-0.15, -0.1) is 0 Å². The van der Waals surface area contributed by atoms with E-state index >= 15 is 0 Å². The number of benzene rings is 2. The van der Waals surface area contributed by atoms with Crippen LogP contribution in [-0.4, -0.2) is 12.8 Å². The average molecular weight is 322 g/mol. The zero-order valence-electron chi connectivity index (χ0n) is 13.4. The van der Waals surface area contributed by atoms with Crippen molar-refractivity contribution in [3.8, 4) is 5.75 Å². The zero-order chi connectivity index (χ0) is 16.8. The second kappa shape index (κ2) is 7.59. The number of methoxy groups -OCH3 is 1. The minimum Gasteiger partial charge on any atom is -0.494 e. The van der Waals surface area contributed by atoms with Gasteiger partial charge in [0.25, 0.3) is 0 Å². The normalized spacial score (nSPS) is 16.9. The van der Waals surface area contributed by atoms with Crippen LogP contribution in [0.5, 0.6) is 5.75 Å². The van der Waals surface area contributed by atoms with Crippen LogP contribution in [0.25, 0.3) is 0 Å². The predicted octanol–water partition coefficient (Wildman–Crippen LogP) is 4.78. The smallest absolute Gasteiger partial charge is 0.146 e. The van der Waals surface area contributed by atoms with Crippen LogP contribution in [0.3, 0.4) is 0 Å². The molecular formula is C20H19FN2O. The number of hydrazone groups is 1. The molecule has 3 rings (SSSR count). The van der Waals surface area contributed by atoms with Gasteiger partial charge in [-0.1, -0.05) is 54.6 Å². The van der Waals surface area contributed by atoms with Crippen molar-refractivity contribution in [2.75, 3.05) is 12.5 Å². The molecule has 24 heavy (non-hydrogen) atoms. The van der Waals surface area contributed by atoms with Crippen molar-refractivity contribution in [1.82, 2.24) is 0 Å². The van der Waals surface area contributed by atoms with Gasteiger partial charge in [-0.25, -0.2) is 4.39 Å². The minimum atomic E-state index is -0.343. The van der Waals surface area contributed by atoms with E-state index in [0.29, 0.717) is 11.4 Å². The first-order valence-corrected chi connectivity index (χ1v) is 7.84. The van der Waals surface area contributed by atoms with E-state index in [1.165, 1.54) is 19.2 Å². The first kappa shape index (κ1) is 16.0. The van der Waals surface area contributed by atoms with Crippen LogP contribution >= 0.6 is 0 Å². The van der Waals surface area contributed by atoms with Gasteiger partial charge in [-0.3, -0.25) is 5.43 Å². The van der Waals surface area contributed by atoms with Crippen molar-refractivity contribution in [3.63, 3.8) is 0 Å². The molecule has 0 aliphatic heterocycles. The number of nitrogens with one attached hydrogen (secondary N) is 1. The molecule has 1 aliphatic rings. The lowest BCUT2D eigenvalue weighted by molar-refractivity contribution is 0.413. The molecule has 0 saturated heterocycles. The molecular weight excluding hydrogens is 303 g/mol. The lowest BCUT2D eigenvalue weighted by atomic mass is 9.91. The van der Waals surface area contributed by atoms with E-state index in [1.54, 1.807) is 6.07 Å². The highest BCUT2D eigenvalue weighted by molar-refractivity contribution is 6.03. The fourth-order valence-corrected chi connectivity index (χ4v) is 2.63. The minimum absolute atomic E-state index is 0.191. The summed E-state index contributed by atoms with van der Waals surface area (Å²) in [7, 11) is 1.51. The Hall–Kier alpha value is -2.88. The van der Waals surface area contributed by atoms with Crippen molar-refractivity contribution < 1.29 is 9.13 Å². The first-order valence-electron chi connectivity index (χ1n) is 7.84. The molecule has 2 aromatic rings. The molecule has 3 nitrogen and oxygen atoms in total. The van der Waals surface area contributed by atoms with Crippen LogP contribution in [0.15, 0.2) is 77.9 Å². The monoisotopic (exact) mass is 322 g/mol. The number of halogens is 1. The standard InChI is InChI=1S/C20H19FN2O/c1-24-19-14-17(21)12-13-18(19)22-23-20(15-8-4-2-5-9-15)16-10-6-3-7-11-16/h2-10,12-14,16,22H,11H2,1H3/b23-20+. The summed E-state index contributed by atoms with van der Waals surface area (Å²) in [5.41, 5.74) is 5.64. The maximum absolute atomic E-state index is 13.3. The van der Waals surface area contributed by atoms with Gasteiger partial charge in [0.15, 0.2) is 0 Å². The average Bonchev–Trinajstić information content (AvgIpc) is 2.64. The molecule has 122 valence electrons. The second-order valence-corrected chi connectivity index (χ2v) is 5.47. The summed E-state index contributed by atoms with van der Waals surface area (Å²) in [4.78, 5) is 0. The number of anilines is 1. The van der Waals surface area contributed by atoms with Gasteiger partial charge < -0.3 is 4.74 Å². The van der Waals surface area contributed by atoms with Crippen LogP contribution in [0.4, 0.5) is 10.1 Å². The van der Waals surface area contributed by atoms with E-state index in [-0.39, 0.29) is 11.7 Å². The summed E-state index contributed by atoms with van der Waals surface area (Å²) in [6.45, 7) is 0. The van der Waals surface area contributed by atoms with Crippen LogP contribution in [0, 0.1) is 11.7 Å². The van der Waals surface area contributed by atoms with Crippen LogP contribution in [0.1, 0.15) is 12.0 Å². The summed E-state index contributed by atoms with van der Waals surface area (Å²) in [5, 5.41) is 4.61. The van der Waals surface area contributed by atoms with Gasteiger partial charge in [0.2, 0.25) is 0 Å². The lowest BCUT2D eigenvalue weighted by Crippen LogP contribution is -2.16. The highest BCUT2D eigenvalue weighted by atomic mass is 19.1. The molecule has 4 heteroatoms. The highest BCUT2D eigenvalue weighted by Crippen LogP contribution is 2.26. The SMILES string of the molecule is COc1cc(F)ccc1N/N=C(\c1ccccc1)C1C=CC=CC1. The van der Waals surface area contributed by atoms with Crippen molar-refractivity contribution in [2.45, 2.75) is 6.42 Å². The van der Waals surface area contributed by atoms with Crippen molar-refractivity contribution >= 4 is 11.4 Å². The predicted molar refractivity (Wildman–Crippen MR) is 95.9 cm³/mol. The molecule has 1 atom stereocenters. The third kappa shape index (κ3) is 3.71. The van der Waals surface area contributed by atoms with E-state index in [9.17, 15) is 4.39 Å². The third-order valence-corrected chi connectivity index (χ3v) is 3.86. The molecule has 0 heterocycles. The molecule has 0 bridgehead atoms. The van der Waals surface area contributed by atoms with Crippen molar-refractivity contribution in [1.29, 1.82) is 0 Å². The highest BCUT2D eigenvalue weighted by Gasteiger charge is 2.16. The van der Waals surface area contributed by atoms with Gasteiger partial charge in [0.05, 0.1) is 18.5 Å². The second-order valence-electron chi connectivity index (χ2n) is 5.47. The van der Waals surface area contributed by atoms with Crippen molar-refractivity contribution in [2.24, 2.45) is 11.0 Å². The van der Waals surface area contributed by atoms with E-state index in [4.69, 9.17) is 4.74 Å². The fourth-order valence-electron chi connectivity index (χ4n) is 2.63. The summed E-state index contributed by atoms with van der Waals surface area (Å²) in [6.07, 6.45) is 9.23. The summed E-state index contributed by atoms with van der Waals surface area (Å²) in [6, 6.07) is 14.4. The van der Waals surface area contributed by atoms with Gasteiger partial charge in [-0.05, 0) is 24.1 Å². The quantitative estimate of drug-likeness (QED) is 0.635. The topological polar surface area (TPSA) is 33.6 Å². The Labute approximate surface area is 141 Å². The Kier molecular flexibility index (Phi) is 5.06.